The van der Waals surface area contributed by atoms with E-state index in [-0.39, 0.29) is 5.56 Å². The number of likely N-dealkylation sites (tertiary alicyclic amines) is 1. The summed E-state index contributed by atoms with van der Waals surface area (Å²) < 4.78 is 28.9. The number of nitrogens with zero attached hydrogens (tertiary/aromatic N) is 3. The van der Waals surface area contributed by atoms with E-state index in [1.807, 2.05) is 4.57 Å². The monoisotopic (exact) mass is 425 g/mol. The molecule has 0 unspecified atom stereocenters. The van der Waals surface area contributed by atoms with Gasteiger partial charge in [-0.1, -0.05) is 12.1 Å². The molecule has 0 saturated carbocycles. The van der Waals surface area contributed by atoms with Gasteiger partial charge in [0.15, 0.2) is 11.6 Å². The summed E-state index contributed by atoms with van der Waals surface area (Å²) in [5.41, 5.74) is 3.09. The normalized spacial score (nSPS) is 30.0. The molecule has 0 amide bonds. The number of aromatic nitrogens is 1. The van der Waals surface area contributed by atoms with Crippen molar-refractivity contribution in [2.75, 3.05) is 13.1 Å². The Balaban J connectivity index is 1.21. The molecular weight excluding hydrogens is 396 g/mol. The van der Waals surface area contributed by atoms with Gasteiger partial charge in [-0.05, 0) is 61.8 Å². The molecule has 0 spiro atoms. The highest BCUT2D eigenvalue weighted by Crippen LogP contribution is 2.39. The van der Waals surface area contributed by atoms with Gasteiger partial charge in [0, 0.05) is 62.0 Å². The smallest absolute Gasteiger partial charge is 0.255 e. The standard InChI is InChI=1S/C25H29F2N3O/c26-22-7-1-16(10-23(22)27)11-28-12-17-9-19(14-28)24-8-2-18(25(31)30(24)13-17)15-29-20-3-4-21(29)6-5-20/h1-2,7-8,10,17,19-21H,3-6,9,11-15H2/t17-,19+,20?,21?/m0/s1. The van der Waals surface area contributed by atoms with Crippen molar-refractivity contribution >= 4 is 0 Å². The predicted octanol–water partition coefficient (Wildman–Crippen LogP) is 3.87. The third kappa shape index (κ3) is 3.44. The minimum absolute atomic E-state index is 0.201. The second kappa shape index (κ2) is 7.52. The van der Waals surface area contributed by atoms with Crippen LogP contribution in [-0.2, 0) is 19.6 Å². The molecule has 4 nitrogen and oxygen atoms in total. The van der Waals surface area contributed by atoms with Crippen molar-refractivity contribution in [3.05, 3.63) is 69.1 Å². The largest absolute Gasteiger partial charge is 0.312 e. The maximum absolute atomic E-state index is 13.6. The summed E-state index contributed by atoms with van der Waals surface area (Å²) in [6.45, 7) is 3.92. The Hall–Kier alpha value is -2.05. The second-order valence-corrected chi connectivity index (χ2v) is 10.1. The van der Waals surface area contributed by atoms with Crippen LogP contribution in [0.3, 0.4) is 0 Å². The van der Waals surface area contributed by atoms with Crippen LogP contribution in [0, 0.1) is 17.6 Å². The molecule has 4 aliphatic rings. The molecule has 2 aromatic rings. The average Bonchev–Trinajstić information content (AvgIpc) is 3.32. The van der Waals surface area contributed by atoms with Crippen LogP contribution in [0.1, 0.15) is 54.8 Å². The zero-order chi connectivity index (χ0) is 21.1. The first kappa shape index (κ1) is 19.6. The van der Waals surface area contributed by atoms with Gasteiger partial charge in [-0.2, -0.15) is 0 Å². The van der Waals surface area contributed by atoms with Gasteiger partial charge < -0.3 is 4.57 Å². The third-order valence-corrected chi connectivity index (χ3v) is 8.11. The lowest BCUT2D eigenvalue weighted by Gasteiger charge is -2.43. The molecule has 3 saturated heterocycles. The van der Waals surface area contributed by atoms with E-state index in [2.05, 4.69) is 21.9 Å². The van der Waals surface area contributed by atoms with Crippen LogP contribution < -0.4 is 5.56 Å². The lowest BCUT2D eigenvalue weighted by molar-refractivity contribution is 0.114. The van der Waals surface area contributed by atoms with Crippen LogP contribution in [0.25, 0.3) is 0 Å². The topological polar surface area (TPSA) is 28.5 Å². The SMILES string of the molecule is O=c1c(CN2C3CCC2CC3)ccc2n1C[C@H]1C[C@@H]2CN(Cc2ccc(F)c(F)c2)C1. The number of rotatable bonds is 4. The average molecular weight is 426 g/mol. The Morgan fingerprint density at radius 1 is 0.871 bits per heavy atom. The summed E-state index contributed by atoms with van der Waals surface area (Å²) >= 11 is 0. The Morgan fingerprint density at radius 2 is 1.65 bits per heavy atom. The Bertz CT molecular complexity index is 1050. The predicted molar refractivity (Wildman–Crippen MR) is 115 cm³/mol. The quantitative estimate of drug-likeness (QED) is 0.745. The maximum atomic E-state index is 13.6. The summed E-state index contributed by atoms with van der Waals surface area (Å²) in [5, 5.41) is 0. The maximum Gasteiger partial charge on any atom is 0.255 e. The fourth-order valence-electron chi connectivity index (χ4n) is 6.71. The van der Waals surface area contributed by atoms with E-state index in [9.17, 15) is 13.6 Å². The molecule has 4 aliphatic heterocycles. The highest BCUT2D eigenvalue weighted by Gasteiger charge is 2.40. The number of pyridine rings is 1. The van der Waals surface area contributed by atoms with Gasteiger partial charge in [-0.25, -0.2) is 8.78 Å². The molecular formula is C25H29F2N3O. The van der Waals surface area contributed by atoms with Crippen molar-refractivity contribution in [3.8, 4) is 0 Å². The van der Waals surface area contributed by atoms with Crippen molar-refractivity contribution in [2.24, 2.45) is 5.92 Å². The lowest BCUT2D eigenvalue weighted by Crippen LogP contribution is -2.47. The lowest BCUT2D eigenvalue weighted by atomic mass is 9.82. The number of benzene rings is 1. The fourth-order valence-corrected chi connectivity index (χ4v) is 6.71. The zero-order valence-corrected chi connectivity index (χ0v) is 17.8. The van der Waals surface area contributed by atoms with Gasteiger partial charge in [0.2, 0.25) is 0 Å². The summed E-state index contributed by atoms with van der Waals surface area (Å²) in [6, 6.07) is 9.77. The van der Waals surface area contributed by atoms with Crippen LogP contribution in [-0.4, -0.2) is 39.5 Å². The van der Waals surface area contributed by atoms with E-state index in [4.69, 9.17) is 0 Å². The number of fused-ring (bicyclic) bond motifs is 6. The fraction of sp³-hybridized carbons (Fsp3) is 0.560. The van der Waals surface area contributed by atoms with Crippen LogP contribution in [0.5, 0.6) is 0 Å². The molecule has 4 bridgehead atoms. The van der Waals surface area contributed by atoms with Gasteiger partial charge in [-0.3, -0.25) is 14.6 Å². The molecule has 2 atom stereocenters. The molecule has 5 heterocycles. The molecule has 6 heteroatoms. The first-order valence-electron chi connectivity index (χ1n) is 11.7. The minimum Gasteiger partial charge on any atom is -0.312 e. The molecule has 31 heavy (non-hydrogen) atoms. The molecule has 3 fully saturated rings. The van der Waals surface area contributed by atoms with Crippen molar-refractivity contribution in [3.63, 3.8) is 0 Å². The van der Waals surface area contributed by atoms with Gasteiger partial charge >= 0.3 is 0 Å². The zero-order valence-electron chi connectivity index (χ0n) is 17.8. The first-order chi connectivity index (χ1) is 15.0. The number of halogens is 2. The first-order valence-corrected chi connectivity index (χ1v) is 11.7. The van der Waals surface area contributed by atoms with E-state index < -0.39 is 11.6 Å². The summed E-state index contributed by atoms with van der Waals surface area (Å²) in [5.74, 6) is -0.842. The molecule has 0 radical (unpaired) electrons. The van der Waals surface area contributed by atoms with E-state index >= 15 is 0 Å². The second-order valence-electron chi connectivity index (χ2n) is 10.1. The molecule has 164 valence electrons. The molecule has 6 rings (SSSR count). The molecule has 0 N–H and O–H groups in total. The summed E-state index contributed by atoms with van der Waals surface area (Å²) in [6.07, 6.45) is 6.25. The molecule has 1 aromatic carbocycles. The van der Waals surface area contributed by atoms with E-state index in [0.717, 1.165) is 49.4 Å². The van der Waals surface area contributed by atoms with Gasteiger partial charge in [0.05, 0.1) is 0 Å². The van der Waals surface area contributed by atoms with Crippen molar-refractivity contribution in [2.45, 2.75) is 69.7 Å². The number of hydrogen-bond acceptors (Lipinski definition) is 3. The van der Waals surface area contributed by atoms with Gasteiger partial charge in [0.1, 0.15) is 0 Å². The van der Waals surface area contributed by atoms with Crippen molar-refractivity contribution < 1.29 is 8.78 Å². The van der Waals surface area contributed by atoms with Crippen molar-refractivity contribution in [1.29, 1.82) is 0 Å². The highest BCUT2D eigenvalue weighted by molar-refractivity contribution is 5.24. The Labute approximate surface area is 181 Å². The van der Waals surface area contributed by atoms with Gasteiger partial charge in [0.25, 0.3) is 5.56 Å². The highest BCUT2D eigenvalue weighted by atomic mass is 19.2. The Morgan fingerprint density at radius 3 is 2.39 bits per heavy atom. The van der Waals surface area contributed by atoms with Crippen LogP contribution in [0.15, 0.2) is 35.1 Å². The molecule has 1 aromatic heterocycles. The number of piperidine rings is 1. The number of hydrogen-bond donors (Lipinski definition) is 0. The molecule has 0 aliphatic carbocycles. The van der Waals surface area contributed by atoms with Crippen LogP contribution in [0.2, 0.25) is 0 Å². The van der Waals surface area contributed by atoms with Crippen LogP contribution in [0.4, 0.5) is 8.78 Å². The minimum atomic E-state index is -0.801. The van der Waals surface area contributed by atoms with Gasteiger partial charge in [-0.15, -0.1) is 0 Å². The van der Waals surface area contributed by atoms with E-state index in [1.54, 1.807) is 6.07 Å². The Kier molecular flexibility index (Phi) is 4.76. The van der Waals surface area contributed by atoms with Crippen molar-refractivity contribution in [1.82, 2.24) is 14.4 Å². The van der Waals surface area contributed by atoms with E-state index in [1.165, 1.54) is 37.8 Å². The van der Waals surface area contributed by atoms with E-state index in [0.29, 0.717) is 30.5 Å². The van der Waals surface area contributed by atoms with Crippen LogP contribution >= 0.6 is 0 Å². The third-order valence-electron chi connectivity index (χ3n) is 8.11. The summed E-state index contributed by atoms with van der Waals surface area (Å²) in [4.78, 5) is 18.2. The summed E-state index contributed by atoms with van der Waals surface area (Å²) in [7, 11) is 0.